The fraction of sp³-hybridized carbons (Fsp3) is 0.480. The Bertz CT molecular complexity index is 844. The lowest BCUT2D eigenvalue weighted by molar-refractivity contribution is -0.0285. The molecule has 0 bridgehead atoms. The number of β-amino-alcohol motifs (C(OH)–C–C–N with tert-alkyl or cyclic N) is 1. The number of carbonyl (C=O) groups excluding carboxylic acids is 1. The van der Waals surface area contributed by atoms with E-state index in [2.05, 4.69) is 34.1 Å². The lowest BCUT2D eigenvalue weighted by Crippen LogP contribution is -2.49. The molecule has 5 heteroatoms. The van der Waals surface area contributed by atoms with Gasteiger partial charge in [-0.2, -0.15) is 0 Å². The third kappa shape index (κ3) is 5.09. The van der Waals surface area contributed by atoms with Crippen LogP contribution in [0.5, 0.6) is 0 Å². The Labute approximate surface area is 179 Å². The van der Waals surface area contributed by atoms with Gasteiger partial charge in [0, 0.05) is 44.0 Å². The Morgan fingerprint density at radius 1 is 1.10 bits per heavy atom. The topological polar surface area (TPSA) is 53.0 Å². The van der Waals surface area contributed by atoms with Crippen molar-refractivity contribution in [3.8, 4) is 0 Å². The molecule has 5 nitrogen and oxygen atoms in total. The molecule has 1 saturated heterocycles. The van der Waals surface area contributed by atoms with Gasteiger partial charge >= 0.3 is 0 Å². The summed E-state index contributed by atoms with van der Waals surface area (Å²) >= 11 is 0. The first kappa shape index (κ1) is 21.0. The predicted molar refractivity (Wildman–Crippen MR) is 119 cm³/mol. The highest BCUT2D eigenvalue weighted by molar-refractivity contribution is 5.94. The number of hydrogen-bond donors (Lipinski definition) is 1. The van der Waals surface area contributed by atoms with Crippen LogP contribution in [0.3, 0.4) is 0 Å². The maximum absolute atomic E-state index is 11.4. The summed E-state index contributed by atoms with van der Waals surface area (Å²) in [5.41, 5.74) is 4.58. The number of aryl methyl sites for hydroxylation is 1. The Morgan fingerprint density at radius 2 is 1.83 bits per heavy atom. The summed E-state index contributed by atoms with van der Waals surface area (Å²) < 4.78 is 6.12. The first-order chi connectivity index (χ1) is 14.6. The maximum atomic E-state index is 11.4. The molecule has 0 saturated carbocycles. The molecular formula is C25H32N2O3. The molecule has 2 aliphatic rings. The van der Waals surface area contributed by atoms with Crippen molar-refractivity contribution in [1.29, 1.82) is 0 Å². The molecule has 160 valence electrons. The van der Waals surface area contributed by atoms with E-state index in [4.69, 9.17) is 4.74 Å². The largest absolute Gasteiger partial charge is 0.389 e. The number of aliphatic hydroxyl groups is 1. The van der Waals surface area contributed by atoms with Crippen LogP contribution in [0.15, 0.2) is 48.5 Å². The third-order valence-electron chi connectivity index (χ3n) is 6.28. The zero-order valence-corrected chi connectivity index (χ0v) is 17.8. The van der Waals surface area contributed by atoms with Gasteiger partial charge in [-0.05, 0) is 61.6 Å². The van der Waals surface area contributed by atoms with Crippen LogP contribution in [0.1, 0.15) is 47.4 Å². The minimum atomic E-state index is -0.472. The van der Waals surface area contributed by atoms with E-state index >= 15 is 0 Å². The summed E-state index contributed by atoms with van der Waals surface area (Å²) in [6.45, 7) is 6.29. The van der Waals surface area contributed by atoms with Crippen molar-refractivity contribution in [3.63, 3.8) is 0 Å². The SMILES string of the molecule is CC(=O)c1ccc(N2CCN(C[C@@H](O)CO[C@H]3CCCc4ccccc43)CC2)cc1. The molecule has 4 rings (SSSR count). The van der Waals surface area contributed by atoms with E-state index < -0.39 is 6.10 Å². The summed E-state index contributed by atoms with van der Waals surface area (Å²) in [4.78, 5) is 16.1. The highest BCUT2D eigenvalue weighted by Crippen LogP contribution is 2.32. The maximum Gasteiger partial charge on any atom is 0.159 e. The van der Waals surface area contributed by atoms with Gasteiger partial charge in [-0.25, -0.2) is 0 Å². The van der Waals surface area contributed by atoms with Crippen LogP contribution in [0, 0.1) is 0 Å². The van der Waals surface area contributed by atoms with Crippen molar-refractivity contribution in [2.24, 2.45) is 0 Å². The first-order valence-electron chi connectivity index (χ1n) is 11.1. The Balaban J connectivity index is 1.22. The first-order valence-corrected chi connectivity index (χ1v) is 11.1. The van der Waals surface area contributed by atoms with Crippen LogP contribution in [-0.2, 0) is 11.2 Å². The number of ketones is 1. The van der Waals surface area contributed by atoms with Crippen molar-refractivity contribution in [2.45, 2.75) is 38.4 Å². The number of piperazine rings is 1. The number of ether oxygens (including phenoxy) is 1. The second kappa shape index (κ2) is 9.73. The van der Waals surface area contributed by atoms with Gasteiger partial charge in [0.2, 0.25) is 0 Å². The monoisotopic (exact) mass is 408 g/mol. The van der Waals surface area contributed by atoms with Gasteiger partial charge < -0.3 is 14.7 Å². The Kier molecular flexibility index (Phi) is 6.82. The standard InChI is InChI=1S/C25H32N2O3/c1-19(28)20-9-11-22(12-10-20)27-15-13-26(14-16-27)17-23(29)18-30-25-8-4-6-21-5-2-3-7-24(21)25/h2-3,5,7,9-12,23,25,29H,4,6,8,13-18H2,1H3/t23-,25+/m1/s1. The molecule has 1 aliphatic heterocycles. The lowest BCUT2D eigenvalue weighted by atomic mass is 9.89. The smallest absolute Gasteiger partial charge is 0.159 e. The predicted octanol–water partition coefficient (Wildman–Crippen LogP) is 3.47. The van der Waals surface area contributed by atoms with Crippen LogP contribution in [0.25, 0.3) is 0 Å². The summed E-state index contributed by atoms with van der Waals surface area (Å²) in [6, 6.07) is 16.4. The molecule has 2 aromatic carbocycles. The van der Waals surface area contributed by atoms with Gasteiger partial charge in [0.25, 0.3) is 0 Å². The summed E-state index contributed by atoms with van der Waals surface area (Å²) in [6.07, 6.45) is 2.94. The number of aliphatic hydroxyl groups excluding tert-OH is 1. The molecule has 30 heavy (non-hydrogen) atoms. The molecule has 0 radical (unpaired) electrons. The summed E-state index contributed by atoms with van der Waals surface area (Å²) in [5, 5.41) is 10.5. The second-order valence-electron chi connectivity index (χ2n) is 8.46. The quantitative estimate of drug-likeness (QED) is 0.711. The van der Waals surface area contributed by atoms with E-state index in [1.54, 1.807) is 6.92 Å². The number of benzene rings is 2. The number of carbonyl (C=O) groups is 1. The van der Waals surface area contributed by atoms with Gasteiger partial charge in [-0.1, -0.05) is 24.3 Å². The normalized spacial score (nSPS) is 20.6. The van der Waals surface area contributed by atoms with Crippen molar-refractivity contribution in [2.75, 3.05) is 44.2 Å². The van der Waals surface area contributed by atoms with Crippen molar-refractivity contribution in [3.05, 3.63) is 65.2 Å². The second-order valence-corrected chi connectivity index (χ2v) is 8.46. The minimum absolute atomic E-state index is 0.0966. The molecule has 0 aromatic heterocycles. The van der Waals surface area contributed by atoms with E-state index in [9.17, 15) is 9.90 Å². The van der Waals surface area contributed by atoms with Gasteiger partial charge in [-0.3, -0.25) is 9.69 Å². The molecule has 2 atom stereocenters. The summed E-state index contributed by atoms with van der Waals surface area (Å²) in [7, 11) is 0. The van der Waals surface area contributed by atoms with E-state index in [0.717, 1.165) is 56.7 Å². The van der Waals surface area contributed by atoms with E-state index in [-0.39, 0.29) is 11.9 Å². The van der Waals surface area contributed by atoms with Crippen LogP contribution in [-0.4, -0.2) is 61.2 Å². The fourth-order valence-electron chi connectivity index (χ4n) is 4.56. The zero-order chi connectivity index (χ0) is 20.9. The number of rotatable bonds is 7. The fourth-order valence-corrected chi connectivity index (χ4v) is 4.56. The van der Waals surface area contributed by atoms with Crippen LogP contribution < -0.4 is 4.90 Å². The highest BCUT2D eigenvalue weighted by atomic mass is 16.5. The van der Waals surface area contributed by atoms with Crippen LogP contribution in [0.2, 0.25) is 0 Å². The number of nitrogens with zero attached hydrogens (tertiary/aromatic N) is 2. The van der Waals surface area contributed by atoms with Crippen molar-refractivity contribution < 1.29 is 14.6 Å². The minimum Gasteiger partial charge on any atom is -0.389 e. The van der Waals surface area contributed by atoms with Gasteiger partial charge in [0.1, 0.15) is 0 Å². The average molecular weight is 409 g/mol. The number of Topliss-reactive ketones (excluding diaryl/α,β-unsaturated/α-hetero) is 1. The molecule has 0 amide bonds. The Morgan fingerprint density at radius 3 is 2.57 bits per heavy atom. The zero-order valence-electron chi connectivity index (χ0n) is 17.8. The van der Waals surface area contributed by atoms with E-state index in [1.165, 1.54) is 11.1 Å². The number of anilines is 1. The summed E-state index contributed by atoms with van der Waals surface area (Å²) in [5.74, 6) is 0.0966. The average Bonchev–Trinajstić information content (AvgIpc) is 2.78. The van der Waals surface area contributed by atoms with Crippen LogP contribution >= 0.6 is 0 Å². The Hall–Kier alpha value is -2.21. The molecule has 2 aromatic rings. The lowest BCUT2D eigenvalue weighted by Gasteiger charge is -2.37. The van der Waals surface area contributed by atoms with E-state index in [1.807, 2.05) is 24.3 Å². The van der Waals surface area contributed by atoms with Crippen molar-refractivity contribution >= 4 is 11.5 Å². The van der Waals surface area contributed by atoms with Gasteiger partial charge in [-0.15, -0.1) is 0 Å². The molecule has 0 spiro atoms. The molecule has 0 unspecified atom stereocenters. The molecule has 1 N–H and O–H groups in total. The molecular weight excluding hydrogens is 376 g/mol. The van der Waals surface area contributed by atoms with E-state index in [0.29, 0.717) is 13.2 Å². The number of hydrogen-bond acceptors (Lipinski definition) is 5. The number of fused-ring (bicyclic) bond motifs is 1. The van der Waals surface area contributed by atoms with Crippen LogP contribution in [0.4, 0.5) is 5.69 Å². The van der Waals surface area contributed by atoms with Gasteiger partial charge in [0.15, 0.2) is 5.78 Å². The molecule has 1 aliphatic carbocycles. The highest BCUT2D eigenvalue weighted by Gasteiger charge is 2.23. The van der Waals surface area contributed by atoms with Crippen molar-refractivity contribution in [1.82, 2.24) is 4.90 Å². The third-order valence-corrected chi connectivity index (χ3v) is 6.28. The molecule has 1 heterocycles. The van der Waals surface area contributed by atoms with Gasteiger partial charge in [0.05, 0.1) is 18.8 Å². The molecule has 1 fully saturated rings.